The Morgan fingerprint density at radius 3 is 2.46 bits per heavy atom. The van der Waals surface area contributed by atoms with Crippen molar-refractivity contribution in [2.24, 2.45) is 0 Å². The Morgan fingerprint density at radius 2 is 1.85 bits per heavy atom. The maximum absolute atomic E-state index is 11.6. The van der Waals surface area contributed by atoms with Gasteiger partial charge in [0.1, 0.15) is 5.82 Å². The van der Waals surface area contributed by atoms with E-state index in [2.05, 4.69) is 36.2 Å². The highest BCUT2D eigenvalue weighted by molar-refractivity contribution is 5.73. The van der Waals surface area contributed by atoms with Gasteiger partial charge in [-0.3, -0.25) is 4.79 Å². The summed E-state index contributed by atoms with van der Waals surface area (Å²) >= 11 is 0. The third-order valence-electron chi connectivity index (χ3n) is 4.82. The number of rotatable bonds is 5. The molecule has 1 N–H and O–H groups in total. The zero-order chi connectivity index (χ0) is 18.5. The van der Waals surface area contributed by atoms with Crippen LogP contribution in [0.4, 0.5) is 11.8 Å². The molecule has 0 saturated carbocycles. The van der Waals surface area contributed by atoms with Gasteiger partial charge in [0.25, 0.3) is 0 Å². The van der Waals surface area contributed by atoms with E-state index in [1.807, 2.05) is 29.2 Å². The second-order valence-electron chi connectivity index (χ2n) is 6.75. The molecule has 3 rings (SSSR count). The molecule has 6 heteroatoms. The van der Waals surface area contributed by atoms with E-state index in [0.29, 0.717) is 12.0 Å². The molecule has 0 bridgehead atoms. The first-order valence-corrected chi connectivity index (χ1v) is 9.28. The SMILES string of the molecule is CCC(C)Nc1nc(-c2ccccc2)cc(N2CCN(C(C)=O)CC2)n1. The van der Waals surface area contributed by atoms with E-state index in [9.17, 15) is 4.79 Å². The number of nitrogens with zero attached hydrogens (tertiary/aromatic N) is 4. The second-order valence-corrected chi connectivity index (χ2v) is 6.75. The number of carbonyl (C=O) groups is 1. The topological polar surface area (TPSA) is 61.4 Å². The van der Waals surface area contributed by atoms with Gasteiger partial charge >= 0.3 is 0 Å². The summed E-state index contributed by atoms with van der Waals surface area (Å²) in [5, 5.41) is 3.39. The van der Waals surface area contributed by atoms with Crippen LogP contribution in [0.2, 0.25) is 0 Å². The van der Waals surface area contributed by atoms with Crippen molar-refractivity contribution in [1.82, 2.24) is 14.9 Å². The lowest BCUT2D eigenvalue weighted by molar-refractivity contribution is -0.129. The van der Waals surface area contributed by atoms with Crippen molar-refractivity contribution >= 4 is 17.7 Å². The summed E-state index contributed by atoms with van der Waals surface area (Å²) in [4.78, 5) is 25.1. The molecule has 1 saturated heterocycles. The van der Waals surface area contributed by atoms with Crippen LogP contribution >= 0.6 is 0 Å². The van der Waals surface area contributed by atoms with Crippen LogP contribution in [0, 0.1) is 0 Å². The van der Waals surface area contributed by atoms with Gasteiger partial charge in [-0.25, -0.2) is 4.98 Å². The predicted molar refractivity (Wildman–Crippen MR) is 105 cm³/mol. The molecule has 26 heavy (non-hydrogen) atoms. The number of amides is 1. The van der Waals surface area contributed by atoms with Gasteiger partial charge in [0, 0.05) is 50.8 Å². The molecule has 0 radical (unpaired) electrons. The molecule has 1 atom stereocenters. The molecule has 1 aliphatic heterocycles. The van der Waals surface area contributed by atoms with E-state index in [0.717, 1.165) is 49.7 Å². The molecule has 6 nitrogen and oxygen atoms in total. The van der Waals surface area contributed by atoms with Gasteiger partial charge in [0.2, 0.25) is 11.9 Å². The molecular weight excluding hydrogens is 326 g/mol. The Bertz CT molecular complexity index is 741. The number of nitrogens with one attached hydrogen (secondary N) is 1. The molecule has 1 amide bonds. The highest BCUT2D eigenvalue weighted by Gasteiger charge is 2.21. The molecule has 1 unspecified atom stereocenters. The van der Waals surface area contributed by atoms with Crippen LogP contribution in [0.15, 0.2) is 36.4 Å². The van der Waals surface area contributed by atoms with Crippen LogP contribution in [0.25, 0.3) is 11.3 Å². The Kier molecular flexibility index (Phi) is 5.71. The molecule has 0 aliphatic carbocycles. The number of piperazine rings is 1. The molecular formula is C20H27N5O. The lowest BCUT2D eigenvalue weighted by Crippen LogP contribution is -2.48. The maximum Gasteiger partial charge on any atom is 0.225 e. The lowest BCUT2D eigenvalue weighted by atomic mass is 10.1. The minimum absolute atomic E-state index is 0.136. The number of hydrogen-bond acceptors (Lipinski definition) is 5. The monoisotopic (exact) mass is 353 g/mol. The number of hydrogen-bond donors (Lipinski definition) is 1. The molecule has 2 aromatic rings. The Balaban J connectivity index is 1.89. The molecule has 1 aliphatic rings. The molecule has 1 aromatic heterocycles. The van der Waals surface area contributed by atoms with Gasteiger partial charge < -0.3 is 15.1 Å². The summed E-state index contributed by atoms with van der Waals surface area (Å²) in [5.74, 6) is 1.70. The van der Waals surface area contributed by atoms with Crippen molar-refractivity contribution in [2.75, 3.05) is 36.4 Å². The van der Waals surface area contributed by atoms with Crippen molar-refractivity contribution in [3.63, 3.8) is 0 Å². The number of aromatic nitrogens is 2. The van der Waals surface area contributed by atoms with Gasteiger partial charge in [0.15, 0.2) is 0 Å². The van der Waals surface area contributed by atoms with E-state index in [-0.39, 0.29) is 5.91 Å². The van der Waals surface area contributed by atoms with Gasteiger partial charge in [-0.2, -0.15) is 4.98 Å². The highest BCUT2D eigenvalue weighted by atomic mass is 16.2. The summed E-state index contributed by atoms with van der Waals surface area (Å²) in [7, 11) is 0. The minimum atomic E-state index is 0.136. The predicted octanol–water partition coefficient (Wildman–Crippen LogP) is 3.02. The maximum atomic E-state index is 11.6. The minimum Gasteiger partial charge on any atom is -0.353 e. The first-order chi connectivity index (χ1) is 12.6. The first kappa shape index (κ1) is 18.2. The second kappa shape index (κ2) is 8.17. The van der Waals surface area contributed by atoms with E-state index in [1.165, 1.54) is 0 Å². The van der Waals surface area contributed by atoms with Crippen molar-refractivity contribution in [1.29, 1.82) is 0 Å². The van der Waals surface area contributed by atoms with Crippen molar-refractivity contribution in [2.45, 2.75) is 33.2 Å². The van der Waals surface area contributed by atoms with Gasteiger partial charge in [-0.1, -0.05) is 37.3 Å². The van der Waals surface area contributed by atoms with E-state index >= 15 is 0 Å². The Labute approximate surface area is 155 Å². The lowest BCUT2D eigenvalue weighted by Gasteiger charge is -2.35. The number of benzene rings is 1. The van der Waals surface area contributed by atoms with Crippen LogP contribution < -0.4 is 10.2 Å². The molecule has 138 valence electrons. The van der Waals surface area contributed by atoms with E-state index in [1.54, 1.807) is 6.92 Å². The van der Waals surface area contributed by atoms with Crippen LogP contribution in [0.5, 0.6) is 0 Å². The average Bonchev–Trinajstić information content (AvgIpc) is 2.68. The Hall–Kier alpha value is -2.63. The summed E-state index contributed by atoms with van der Waals surface area (Å²) in [5.41, 5.74) is 1.99. The van der Waals surface area contributed by atoms with Crippen LogP contribution in [-0.4, -0.2) is 53.0 Å². The first-order valence-electron chi connectivity index (χ1n) is 9.28. The zero-order valence-corrected chi connectivity index (χ0v) is 15.8. The summed E-state index contributed by atoms with van der Waals surface area (Å²) in [6.45, 7) is 8.93. The smallest absolute Gasteiger partial charge is 0.225 e. The average molecular weight is 353 g/mol. The summed E-state index contributed by atoms with van der Waals surface area (Å²) in [6.07, 6.45) is 1.01. The Morgan fingerprint density at radius 1 is 1.15 bits per heavy atom. The van der Waals surface area contributed by atoms with Crippen LogP contribution in [0.1, 0.15) is 27.2 Å². The number of carbonyl (C=O) groups excluding carboxylic acids is 1. The van der Waals surface area contributed by atoms with E-state index in [4.69, 9.17) is 9.97 Å². The van der Waals surface area contributed by atoms with E-state index < -0.39 is 0 Å². The quantitative estimate of drug-likeness (QED) is 0.895. The fraction of sp³-hybridized carbons (Fsp3) is 0.450. The molecule has 1 aromatic carbocycles. The highest BCUT2D eigenvalue weighted by Crippen LogP contribution is 2.24. The summed E-state index contributed by atoms with van der Waals surface area (Å²) < 4.78 is 0. The summed E-state index contributed by atoms with van der Waals surface area (Å²) in [6, 6.07) is 12.5. The third kappa shape index (κ3) is 4.31. The molecule has 2 heterocycles. The zero-order valence-electron chi connectivity index (χ0n) is 15.8. The standard InChI is InChI=1S/C20H27N5O/c1-4-15(2)21-20-22-18(17-8-6-5-7-9-17)14-19(23-20)25-12-10-24(11-13-25)16(3)26/h5-9,14-15H,4,10-13H2,1-3H3,(H,21,22,23). The van der Waals surface area contributed by atoms with Gasteiger partial charge in [-0.05, 0) is 13.3 Å². The fourth-order valence-electron chi connectivity index (χ4n) is 2.99. The van der Waals surface area contributed by atoms with Crippen molar-refractivity contribution in [3.8, 4) is 11.3 Å². The normalized spacial score (nSPS) is 15.7. The van der Waals surface area contributed by atoms with Crippen molar-refractivity contribution < 1.29 is 4.79 Å². The molecule has 1 fully saturated rings. The van der Waals surface area contributed by atoms with Crippen LogP contribution in [-0.2, 0) is 4.79 Å². The molecule has 0 spiro atoms. The number of anilines is 2. The van der Waals surface area contributed by atoms with Gasteiger partial charge in [-0.15, -0.1) is 0 Å². The third-order valence-corrected chi connectivity index (χ3v) is 4.82. The largest absolute Gasteiger partial charge is 0.353 e. The van der Waals surface area contributed by atoms with Crippen molar-refractivity contribution in [3.05, 3.63) is 36.4 Å². The fourth-order valence-corrected chi connectivity index (χ4v) is 2.99. The van der Waals surface area contributed by atoms with Gasteiger partial charge in [0.05, 0.1) is 5.69 Å². The van der Waals surface area contributed by atoms with Crippen LogP contribution in [0.3, 0.4) is 0 Å².